The van der Waals surface area contributed by atoms with Crippen LogP contribution in [0.4, 0.5) is 10.2 Å². The number of rotatable bonds is 21. The highest BCUT2D eigenvalue weighted by Crippen LogP contribution is 2.25. The van der Waals surface area contributed by atoms with Crippen molar-refractivity contribution in [3.05, 3.63) is 29.4 Å². The number of ether oxygens (including phenoxy) is 4. The zero-order valence-electron chi connectivity index (χ0n) is 38.6. The van der Waals surface area contributed by atoms with E-state index in [4.69, 9.17) is 29.9 Å². The largest absolute Gasteiger partial charge is 0.389 e. The lowest BCUT2D eigenvalue weighted by Gasteiger charge is -2.34. The maximum atomic E-state index is 14.0. The number of aromatic nitrogens is 2. The van der Waals surface area contributed by atoms with E-state index in [9.17, 15) is 23.9 Å². The number of thiazole rings is 1. The number of aldehydes is 1. The number of oxime groups is 1. The van der Waals surface area contributed by atoms with Gasteiger partial charge in [-0.15, -0.1) is 11.3 Å². The van der Waals surface area contributed by atoms with E-state index >= 15 is 0 Å². The summed E-state index contributed by atoms with van der Waals surface area (Å²) >= 11 is 1.43. The normalized spacial score (nSPS) is 18.4. The molecule has 0 aliphatic carbocycles. The maximum absolute atomic E-state index is 14.0. The molecular formula is C43H73FN6O10S. The van der Waals surface area contributed by atoms with Crippen molar-refractivity contribution in [1.29, 1.82) is 0 Å². The minimum absolute atomic E-state index is 0.00737. The quantitative estimate of drug-likeness (QED) is 0.0403. The molecule has 1 aliphatic heterocycles. The second-order valence-electron chi connectivity index (χ2n) is 15.5. The van der Waals surface area contributed by atoms with E-state index in [0.29, 0.717) is 29.7 Å². The summed E-state index contributed by atoms with van der Waals surface area (Å²) in [5, 5.41) is 23.7. The van der Waals surface area contributed by atoms with Gasteiger partial charge in [-0.3, -0.25) is 19.4 Å². The predicted molar refractivity (Wildman–Crippen MR) is 238 cm³/mol. The number of anilines is 1. The molecule has 1 aliphatic rings. The van der Waals surface area contributed by atoms with Gasteiger partial charge < -0.3 is 44.6 Å². The van der Waals surface area contributed by atoms with E-state index in [1.807, 2.05) is 61.7 Å². The molecule has 0 spiro atoms. The molecule has 0 saturated carbocycles. The van der Waals surface area contributed by atoms with Crippen molar-refractivity contribution >= 4 is 46.6 Å². The molecule has 0 radical (unpaired) electrons. The molecule has 61 heavy (non-hydrogen) atoms. The van der Waals surface area contributed by atoms with Crippen molar-refractivity contribution in [2.24, 2.45) is 22.0 Å². The van der Waals surface area contributed by atoms with Crippen LogP contribution in [0, 0.1) is 11.8 Å². The number of methoxy groups -OCH3 is 1. The minimum atomic E-state index is -2.53. The number of alkyl halides is 1. The number of hydrogen-bond acceptors (Lipinski definition) is 16. The van der Waals surface area contributed by atoms with Gasteiger partial charge in [0.1, 0.15) is 23.3 Å². The van der Waals surface area contributed by atoms with Crippen LogP contribution in [0.1, 0.15) is 107 Å². The Kier molecular flexibility index (Phi) is 28.6. The summed E-state index contributed by atoms with van der Waals surface area (Å²) < 4.78 is 35.3. The summed E-state index contributed by atoms with van der Waals surface area (Å²) in [4.78, 5) is 55.5. The van der Waals surface area contributed by atoms with Crippen LogP contribution < -0.4 is 5.73 Å². The van der Waals surface area contributed by atoms with Gasteiger partial charge in [-0.25, -0.2) is 14.4 Å². The molecule has 4 N–H and O–H groups in total. The van der Waals surface area contributed by atoms with Gasteiger partial charge in [-0.2, -0.15) is 0 Å². The molecule has 1 fully saturated rings. The zero-order chi connectivity index (χ0) is 46.8. The molecule has 5 atom stereocenters. The molecule has 2 aromatic rings. The second-order valence-corrected chi connectivity index (χ2v) is 16.3. The Balaban J connectivity index is 0.00000176. The topological polar surface area (TPSA) is 218 Å². The van der Waals surface area contributed by atoms with Crippen LogP contribution in [0.2, 0.25) is 0 Å². The number of nitrogens with zero attached hydrogens (tertiary/aromatic N) is 5. The second kappa shape index (κ2) is 30.4. The van der Waals surface area contributed by atoms with Crippen molar-refractivity contribution in [1.82, 2.24) is 14.9 Å². The Morgan fingerprint density at radius 3 is 2.31 bits per heavy atom. The van der Waals surface area contributed by atoms with E-state index in [1.54, 1.807) is 38.4 Å². The molecule has 18 heteroatoms. The number of nitrogen functional groups attached to an aromatic ring is 1. The number of aliphatic hydroxyl groups is 2. The number of halogens is 1. The first-order valence-electron chi connectivity index (χ1n) is 20.6. The molecule has 348 valence electrons. The Hall–Kier alpha value is -3.62. The smallest absolute Gasteiger partial charge is 0.245 e. The summed E-state index contributed by atoms with van der Waals surface area (Å²) in [5.41, 5.74) is 5.02. The Morgan fingerprint density at radius 1 is 1.16 bits per heavy atom. The van der Waals surface area contributed by atoms with Crippen molar-refractivity contribution in [3.63, 3.8) is 0 Å². The van der Waals surface area contributed by atoms with Gasteiger partial charge >= 0.3 is 0 Å². The first-order valence-corrected chi connectivity index (χ1v) is 21.5. The maximum Gasteiger partial charge on any atom is 0.245 e. The summed E-state index contributed by atoms with van der Waals surface area (Å²) in [7, 11) is 5.50. The third-order valence-electron chi connectivity index (χ3n) is 8.97. The number of ketones is 1. The lowest BCUT2D eigenvalue weighted by molar-refractivity contribution is -0.172. The summed E-state index contributed by atoms with van der Waals surface area (Å²) in [6.07, 6.45) is 3.41. The average molecular weight is 885 g/mol. The predicted octanol–water partition coefficient (Wildman–Crippen LogP) is 6.46. The Bertz CT molecular complexity index is 1590. The van der Waals surface area contributed by atoms with Crippen molar-refractivity contribution < 1.29 is 52.8 Å². The fourth-order valence-corrected chi connectivity index (χ4v) is 6.10. The van der Waals surface area contributed by atoms with E-state index in [-0.39, 0.29) is 76.2 Å². The zero-order valence-corrected chi connectivity index (χ0v) is 39.4. The standard InChI is InChI=1S/C31H44FN5O6S.C8H17NO2.C2H6O2.C2H6/c1-8-27(40)36-28(20(2)3)21(4)14-41-15-24(16-42-30(5,6)12-11-25(39)31(7,32)19-38)37-43-17-23-10-9-22(13-34-23)29-35-26(33)18-44-29;1-6-4-7(9(2)3)5-8(10)11-6;1-4-2-3;1-2/h9-10,13,18-21H,8,11-12,14-17,33H2,1-7H3;6-8,10H,4-5H2,1-3H3;3H,2H2,1H3;1-2H3/b36-28?,37-24+;;;/t21?,31-;;;/m1.../s1. The molecule has 3 heterocycles. The fourth-order valence-electron chi connectivity index (χ4n) is 5.40. The van der Waals surface area contributed by atoms with Crippen LogP contribution in [-0.2, 0) is 44.8 Å². The molecule has 0 aromatic carbocycles. The van der Waals surface area contributed by atoms with Crippen LogP contribution >= 0.6 is 11.3 Å². The fraction of sp³-hybridized carbons (Fsp3) is 0.698. The van der Waals surface area contributed by atoms with Gasteiger partial charge in [0, 0.05) is 61.2 Å². The highest BCUT2D eigenvalue weighted by molar-refractivity contribution is 7.13. The first kappa shape index (κ1) is 57.4. The highest BCUT2D eigenvalue weighted by Gasteiger charge is 2.33. The van der Waals surface area contributed by atoms with E-state index < -0.39 is 23.3 Å². The summed E-state index contributed by atoms with van der Waals surface area (Å²) in [6, 6.07) is 4.14. The van der Waals surface area contributed by atoms with Crippen LogP contribution in [0.15, 0.2) is 33.9 Å². The number of amides is 1. The molecule has 1 amide bonds. The van der Waals surface area contributed by atoms with Gasteiger partial charge in [-0.1, -0.05) is 46.7 Å². The Morgan fingerprint density at radius 2 is 1.82 bits per heavy atom. The van der Waals surface area contributed by atoms with Crippen molar-refractivity contribution in [3.8, 4) is 10.6 Å². The van der Waals surface area contributed by atoms with Crippen molar-refractivity contribution in [2.45, 2.75) is 138 Å². The Labute approximate surface area is 366 Å². The van der Waals surface area contributed by atoms with Crippen LogP contribution in [-0.4, -0.2) is 132 Å². The molecular weight excluding hydrogens is 812 g/mol. The number of nitrogens with two attached hydrogens (primary N) is 1. The monoisotopic (exact) mass is 885 g/mol. The number of pyridine rings is 1. The number of carbonyl (C=O) groups is 3. The van der Waals surface area contributed by atoms with E-state index in [0.717, 1.165) is 36.0 Å². The molecule has 2 aromatic heterocycles. The number of Topliss-reactive ketones (excluding diaryl/α,β-unsaturated/α-hetero) is 1. The SMILES string of the molecule is CC.CC1CC(N(C)C)CC(O)O1.CCC(=O)N=C(C(C)C)C(C)COC/C(COC(C)(C)CCC(=O)[C@](C)(F)C=O)=N\OCc1ccc(-c2nc(N)cs2)cn1.COCO. The molecule has 1 saturated heterocycles. The molecule has 0 bridgehead atoms. The number of hydrogen-bond donors (Lipinski definition) is 3. The molecule has 4 unspecified atom stereocenters. The van der Waals surface area contributed by atoms with Gasteiger partial charge in [0.05, 0.1) is 37.2 Å². The van der Waals surface area contributed by atoms with Crippen LogP contribution in [0.3, 0.4) is 0 Å². The van der Waals surface area contributed by atoms with Gasteiger partial charge in [0.25, 0.3) is 0 Å². The molecule has 3 rings (SSSR count). The minimum Gasteiger partial charge on any atom is -0.389 e. The van der Waals surface area contributed by atoms with Gasteiger partial charge in [0.15, 0.2) is 25.0 Å². The third kappa shape index (κ3) is 24.0. The number of aliphatic hydroxyl groups excluding tert-OH is 2. The van der Waals surface area contributed by atoms with Gasteiger partial charge in [-0.05, 0) is 72.7 Å². The first-order chi connectivity index (χ1) is 28.7. The highest BCUT2D eigenvalue weighted by atomic mass is 32.1. The summed E-state index contributed by atoms with van der Waals surface area (Å²) in [6.45, 7) is 18.4. The average Bonchev–Trinajstić information content (AvgIpc) is 3.67. The van der Waals surface area contributed by atoms with E-state index in [1.165, 1.54) is 18.4 Å². The van der Waals surface area contributed by atoms with Gasteiger partial charge in [0.2, 0.25) is 11.6 Å². The molecule has 16 nitrogen and oxygen atoms in total. The summed E-state index contributed by atoms with van der Waals surface area (Å²) in [5.74, 6) is -0.565. The van der Waals surface area contributed by atoms with Crippen LogP contribution in [0.25, 0.3) is 10.6 Å². The van der Waals surface area contributed by atoms with E-state index in [2.05, 4.69) is 29.8 Å². The third-order valence-corrected chi connectivity index (χ3v) is 9.88. The van der Waals surface area contributed by atoms with Crippen LogP contribution in [0.5, 0.6) is 0 Å². The lowest BCUT2D eigenvalue weighted by Crippen LogP contribution is -2.41. The van der Waals surface area contributed by atoms with Crippen molar-refractivity contribution in [2.75, 3.05) is 53.6 Å². The number of aliphatic imine (C=N–C) groups is 1. The number of carbonyl (C=O) groups excluding carboxylic acids is 3. The lowest BCUT2D eigenvalue weighted by atomic mass is 9.94.